The Kier molecular flexibility index (Phi) is 7.10. The molecule has 5 nitrogen and oxygen atoms in total. The molecule has 2 aliphatic heterocycles. The van der Waals surface area contributed by atoms with Gasteiger partial charge in [0.2, 0.25) is 0 Å². The summed E-state index contributed by atoms with van der Waals surface area (Å²) in [5, 5.41) is 5.93. The minimum absolute atomic E-state index is 0.136. The maximum atomic E-state index is 13.4. The number of urea groups is 1. The molecular weight excluding hydrogens is 362 g/mol. The third-order valence-corrected chi connectivity index (χ3v) is 5.98. The standard InChI is InChI=1S/C21H32F2N4O/c1-15-4-3-8-26(13-15)16(2)11-24-21(28)25-12-17-7-9-27(14-17)18-5-6-19(22)20(23)10-18/h5-6,10,15-17H,3-4,7-9,11-14H2,1-2H3,(H2,24,25,28). The molecule has 1 aromatic rings. The second kappa shape index (κ2) is 9.54. The molecule has 28 heavy (non-hydrogen) atoms. The third kappa shape index (κ3) is 5.56. The lowest BCUT2D eigenvalue weighted by Gasteiger charge is -2.35. The molecule has 156 valence electrons. The van der Waals surface area contributed by atoms with Gasteiger partial charge in [-0.3, -0.25) is 4.90 Å². The average Bonchev–Trinajstić information content (AvgIpc) is 3.15. The van der Waals surface area contributed by atoms with Gasteiger partial charge in [-0.1, -0.05) is 6.92 Å². The molecule has 1 aromatic carbocycles. The Balaban J connectivity index is 1.36. The number of piperidine rings is 1. The van der Waals surface area contributed by atoms with Crippen LogP contribution in [0.2, 0.25) is 0 Å². The number of rotatable bonds is 6. The fraction of sp³-hybridized carbons (Fsp3) is 0.667. The van der Waals surface area contributed by atoms with Crippen LogP contribution in [0.15, 0.2) is 18.2 Å². The molecule has 0 aromatic heterocycles. The summed E-state index contributed by atoms with van der Waals surface area (Å²) in [7, 11) is 0. The second-order valence-electron chi connectivity index (χ2n) is 8.38. The Morgan fingerprint density at radius 3 is 2.75 bits per heavy atom. The summed E-state index contributed by atoms with van der Waals surface area (Å²) in [5.41, 5.74) is 0.690. The van der Waals surface area contributed by atoms with E-state index in [9.17, 15) is 13.6 Å². The molecule has 2 aliphatic rings. The van der Waals surface area contributed by atoms with Crippen LogP contribution >= 0.6 is 0 Å². The highest BCUT2D eigenvalue weighted by Crippen LogP contribution is 2.25. The van der Waals surface area contributed by atoms with E-state index in [1.165, 1.54) is 18.9 Å². The summed E-state index contributed by atoms with van der Waals surface area (Å²) in [5.74, 6) is -0.620. The maximum Gasteiger partial charge on any atom is 0.314 e. The summed E-state index contributed by atoms with van der Waals surface area (Å²) in [4.78, 5) is 16.6. The SMILES string of the molecule is CC1CCCN(C(C)CNC(=O)NCC2CCN(c3ccc(F)c(F)c3)C2)C1. The number of benzene rings is 1. The molecule has 3 unspecified atom stereocenters. The molecule has 0 spiro atoms. The van der Waals surface area contributed by atoms with Crippen molar-refractivity contribution in [2.75, 3.05) is 44.2 Å². The van der Waals surface area contributed by atoms with Crippen molar-refractivity contribution >= 4 is 11.7 Å². The molecular formula is C21H32F2N4O. The molecule has 7 heteroatoms. The van der Waals surface area contributed by atoms with Crippen LogP contribution in [0.25, 0.3) is 0 Å². The van der Waals surface area contributed by atoms with E-state index in [-0.39, 0.29) is 6.03 Å². The first-order chi connectivity index (χ1) is 13.4. The number of anilines is 1. The largest absolute Gasteiger partial charge is 0.371 e. The lowest BCUT2D eigenvalue weighted by Crippen LogP contribution is -2.48. The number of nitrogens with one attached hydrogen (secondary N) is 2. The van der Waals surface area contributed by atoms with E-state index in [4.69, 9.17) is 0 Å². The van der Waals surface area contributed by atoms with Gasteiger partial charge in [-0.25, -0.2) is 13.6 Å². The molecule has 0 aliphatic carbocycles. The Bertz CT molecular complexity index is 672. The van der Waals surface area contributed by atoms with E-state index in [0.717, 1.165) is 44.6 Å². The molecule has 2 heterocycles. The number of nitrogens with zero attached hydrogens (tertiary/aromatic N) is 2. The number of likely N-dealkylation sites (tertiary alicyclic amines) is 1. The van der Waals surface area contributed by atoms with E-state index in [1.807, 2.05) is 4.90 Å². The summed E-state index contributed by atoms with van der Waals surface area (Å²) in [6, 6.07) is 4.20. The predicted molar refractivity (Wildman–Crippen MR) is 108 cm³/mol. The molecule has 2 N–H and O–H groups in total. The van der Waals surface area contributed by atoms with E-state index in [2.05, 4.69) is 29.4 Å². The molecule has 2 amide bonds. The number of hydrogen-bond acceptors (Lipinski definition) is 3. The number of amides is 2. The van der Waals surface area contributed by atoms with Gasteiger partial charge in [0.05, 0.1) is 0 Å². The van der Waals surface area contributed by atoms with E-state index in [1.54, 1.807) is 6.07 Å². The van der Waals surface area contributed by atoms with Gasteiger partial charge < -0.3 is 15.5 Å². The lowest BCUT2D eigenvalue weighted by atomic mass is 9.99. The fourth-order valence-electron chi connectivity index (χ4n) is 4.21. The number of hydrogen-bond donors (Lipinski definition) is 2. The molecule has 3 atom stereocenters. The van der Waals surface area contributed by atoms with Crippen molar-refractivity contribution < 1.29 is 13.6 Å². The Morgan fingerprint density at radius 2 is 2.00 bits per heavy atom. The van der Waals surface area contributed by atoms with Gasteiger partial charge in [-0.15, -0.1) is 0 Å². The van der Waals surface area contributed by atoms with Crippen molar-refractivity contribution in [3.05, 3.63) is 29.8 Å². The number of halogens is 2. The van der Waals surface area contributed by atoms with Crippen molar-refractivity contribution in [1.29, 1.82) is 0 Å². The molecule has 2 fully saturated rings. The lowest BCUT2D eigenvalue weighted by molar-refractivity contribution is 0.137. The zero-order valence-electron chi connectivity index (χ0n) is 16.9. The molecule has 2 saturated heterocycles. The van der Waals surface area contributed by atoms with Crippen molar-refractivity contribution in [2.45, 2.75) is 39.2 Å². The Hall–Kier alpha value is -1.89. The van der Waals surface area contributed by atoms with Crippen LogP contribution in [-0.4, -0.2) is 56.2 Å². The van der Waals surface area contributed by atoms with Crippen LogP contribution in [0, 0.1) is 23.5 Å². The van der Waals surface area contributed by atoms with Crippen LogP contribution in [0.3, 0.4) is 0 Å². The average molecular weight is 395 g/mol. The van der Waals surface area contributed by atoms with Crippen molar-refractivity contribution in [1.82, 2.24) is 15.5 Å². The molecule has 0 saturated carbocycles. The minimum Gasteiger partial charge on any atom is -0.371 e. The summed E-state index contributed by atoms with van der Waals surface area (Å²) in [6.07, 6.45) is 3.44. The van der Waals surface area contributed by atoms with Gasteiger partial charge in [0.15, 0.2) is 11.6 Å². The van der Waals surface area contributed by atoms with Gasteiger partial charge >= 0.3 is 6.03 Å². The second-order valence-corrected chi connectivity index (χ2v) is 8.38. The summed E-state index contributed by atoms with van der Waals surface area (Å²) in [6.45, 7) is 9.39. The number of carbonyl (C=O) groups excluding carboxylic acids is 1. The zero-order valence-corrected chi connectivity index (χ0v) is 16.9. The predicted octanol–water partition coefficient (Wildman–Crippen LogP) is 3.21. The van der Waals surface area contributed by atoms with Crippen molar-refractivity contribution in [2.24, 2.45) is 11.8 Å². The van der Waals surface area contributed by atoms with Crippen molar-refractivity contribution in [3.63, 3.8) is 0 Å². The Morgan fingerprint density at radius 1 is 1.18 bits per heavy atom. The van der Waals surface area contributed by atoms with Crippen molar-refractivity contribution in [3.8, 4) is 0 Å². The smallest absolute Gasteiger partial charge is 0.314 e. The van der Waals surface area contributed by atoms with Crippen LogP contribution in [0.5, 0.6) is 0 Å². The molecule has 0 radical (unpaired) electrons. The van der Waals surface area contributed by atoms with E-state index in [0.29, 0.717) is 30.7 Å². The van der Waals surface area contributed by atoms with Gasteiger partial charge in [0.1, 0.15) is 0 Å². The van der Waals surface area contributed by atoms with Crippen LogP contribution in [-0.2, 0) is 0 Å². The van der Waals surface area contributed by atoms with E-state index >= 15 is 0 Å². The molecule has 0 bridgehead atoms. The van der Waals surface area contributed by atoms with Gasteiger partial charge in [-0.2, -0.15) is 0 Å². The third-order valence-electron chi connectivity index (χ3n) is 5.98. The highest BCUT2D eigenvalue weighted by atomic mass is 19.2. The molecule has 3 rings (SSSR count). The maximum absolute atomic E-state index is 13.4. The van der Waals surface area contributed by atoms with Gasteiger partial charge in [0.25, 0.3) is 0 Å². The quantitative estimate of drug-likeness (QED) is 0.779. The Labute approximate surface area is 166 Å². The summed E-state index contributed by atoms with van der Waals surface area (Å²) >= 11 is 0. The van der Waals surface area contributed by atoms with Crippen LogP contribution in [0.4, 0.5) is 19.3 Å². The first kappa shape index (κ1) is 20.8. The summed E-state index contributed by atoms with van der Waals surface area (Å²) < 4.78 is 26.5. The monoisotopic (exact) mass is 394 g/mol. The minimum atomic E-state index is -0.828. The van der Waals surface area contributed by atoms with Crippen LogP contribution < -0.4 is 15.5 Å². The number of carbonyl (C=O) groups is 1. The highest BCUT2D eigenvalue weighted by Gasteiger charge is 2.24. The van der Waals surface area contributed by atoms with Gasteiger partial charge in [-0.05, 0) is 56.7 Å². The first-order valence-electron chi connectivity index (χ1n) is 10.4. The van der Waals surface area contributed by atoms with E-state index < -0.39 is 11.6 Å². The zero-order chi connectivity index (χ0) is 20.1. The fourth-order valence-corrected chi connectivity index (χ4v) is 4.21. The first-order valence-corrected chi connectivity index (χ1v) is 10.4. The van der Waals surface area contributed by atoms with Gasteiger partial charge in [0, 0.05) is 50.5 Å². The highest BCUT2D eigenvalue weighted by molar-refractivity contribution is 5.73. The topological polar surface area (TPSA) is 47.6 Å². The van der Waals surface area contributed by atoms with Crippen LogP contribution in [0.1, 0.15) is 33.1 Å². The normalized spacial score (nSPS) is 24.2.